The maximum absolute atomic E-state index is 12.8. The number of aliphatic hydroxyl groups is 1. The molecule has 0 aromatic heterocycles. The van der Waals surface area contributed by atoms with Crippen LogP contribution < -0.4 is 5.73 Å². The molecule has 26 heavy (non-hydrogen) atoms. The molecule has 0 saturated carbocycles. The van der Waals surface area contributed by atoms with Gasteiger partial charge in [0.15, 0.2) is 0 Å². The fourth-order valence-corrected chi connectivity index (χ4v) is 4.07. The maximum Gasteiger partial charge on any atom is 0.411 e. The number of nitrogens with two attached hydrogens (primary N) is 1. The highest BCUT2D eigenvalue weighted by molar-refractivity contribution is 5.96. The zero-order valence-electron chi connectivity index (χ0n) is 16.3. The first-order valence-electron chi connectivity index (χ1n) is 9.14. The van der Waals surface area contributed by atoms with Crippen molar-refractivity contribution in [3.63, 3.8) is 0 Å². The first-order valence-corrected chi connectivity index (χ1v) is 9.14. The molecule has 2 fully saturated rings. The minimum Gasteiger partial charge on any atom is -0.444 e. The van der Waals surface area contributed by atoms with Crippen molar-refractivity contribution >= 4 is 17.9 Å². The van der Waals surface area contributed by atoms with E-state index in [9.17, 15) is 19.5 Å². The Labute approximate surface area is 154 Å². The van der Waals surface area contributed by atoms with Gasteiger partial charge >= 0.3 is 6.09 Å². The van der Waals surface area contributed by atoms with Gasteiger partial charge in [-0.2, -0.15) is 0 Å². The van der Waals surface area contributed by atoms with Gasteiger partial charge in [-0.15, -0.1) is 0 Å². The number of aliphatic hydroxyl groups excluding tert-OH is 1. The Morgan fingerprint density at radius 1 is 1.42 bits per heavy atom. The number of ether oxygens (including phenoxy) is 1. The van der Waals surface area contributed by atoms with E-state index in [0.29, 0.717) is 32.2 Å². The van der Waals surface area contributed by atoms with Gasteiger partial charge in [-0.1, -0.05) is 0 Å². The smallest absolute Gasteiger partial charge is 0.411 e. The predicted molar refractivity (Wildman–Crippen MR) is 95.1 cm³/mol. The van der Waals surface area contributed by atoms with Crippen LogP contribution in [0, 0.1) is 5.92 Å². The van der Waals surface area contributed by atoms with E-state index in [-0.39, 0.29) is 11.9 Å². The Morgan fingerprint density at radius 3 is 2.46 bits per heavy atom. The molecule has 0 bridgehead atoms. The van der Waals surface area contributed by atoms with E-state index in [1.807, 2.05) is 0 Å². The second-order valence-electron chi connectivity index (χ2n) is 8.56. The van der Waals surface area contributed by atoms with Gasteiger partial charge in [0.25, 0.3) is 0 Å². The van der Waals surface area contributed by atoms with Crippen LogP contribution in [0.1, 0.15) is 53.4 Å². The molecule has 8 nitrogen and oxygen atoms in total. The van der Waals surface area contributed by atoms with Gasteiger partial charge in [0.05, 0.1) is 18.6 Å². The molecule has 0 aliphatic carbocycles. The molecule has 2 saturated heterocycles. The molecule has 4 atom stereocenters. The lowest BCUT2D eigenvalue weighted by atomic mass is 9.86. The van der Waals surface area contributed by atoms with E-state index in [0.717, 1.165) is 0 Å². The van der Waals surface area contributed by atoms with E-state index in [4.69, 9.17) is 10.5 Å². The van der Waals surface area contributed by atoms with Crippen molar-refractivity contribution in [2.75, 3.05) is 13.6 Å². The molecule has 1 spiro atoms. The lowest BCUT2D eigenvalue weighted by Gasteiger charge is -2.50. The molecular formula is C18H31N3O5. The fourth-order valence-electron chi connectivity index (χ4n) is 4.07. The molecule has 2 aliphatic rings. The molecule has 0 aromatic rings. The van der Waals surface area contributed by atoms with Crippen molar-refractivity contribution in [1.29, 1.82) is 0 Å². The monoisotopic (exact) mass is 369 g/mol. The largest absolute Gasteiger partial charge is 0.444 e. The average molecular weight is 369 g/mol. The molecule has 2 heterocycles. The van der Waals surface area contributed by atoms with Gasteiger partial charge in [0, 0.05) is 13.1 Å². The van der Waals surface area contributed by atoms with E-state index < -0.39 is 35.2 Å². The van der Waals surface area contributed by atoms with Crippen molar-refractivity contribution in [3.05, 3.63) is 0 Å². The van der Waals surface area contributed by atoms with Gasteiger partial charge < -0.3 is 20.5 Å². The second-order valence-corrected chi connectivity index (χ2v) is 8.56. The number of hydrogen-bond acceptors (Lipinski definition) is 5. The lowest BCUT2D eigenvalue weighted by Crippen LogP contribution is -2.72. The number of likely N-dealkylation sites (tertiary alicyclic amines) is 2. The van der Waals surface area contributed by atoms with Crippen LogP contribution in [-0.2, 0) is 14.3 Å². The molecular weight excluding hydrogens is 338 g/mol. The first kappa shape index (κ1) is 20.5. The molecule has 0 aromatic carbocycles. The van der Waals surface area contributed by atoms with Crippen LogP contribution in [0.4, 0.5) is 4.79 Å². The van der Waals surface area contributed by atoms with Crippen molar-refractivity contribution in [2.24, 2.45) is 11.7 Å². The SMILES string of the molecule is C[C@@H](O)[C@H](CCC1CCC2(CN(C)C2=O)N1C(=O)OC(C)(C)C)C(N)=O. The Bertz CT molecular complexity index is 586. The lowest BCUT2D eigenvalue weighted by molar-refractivity contribution is -0.159. The average Bonchev–Trinajstić information content (AvgIpc) is 2.86. The summed E-state index contributed by atoms with van der Waals surface area (Å²) < 4.78 is 5.54. The topological polar surface area (TPSA) is 113 Å². The van der Waals surface area contributed by atoms with Crippen LogP contribution in [0.5, 0.6) is 0 Å². The number of carbonyl (C=O) groups is 3. The molecule has 148 valence electrons. The highest BCUT2D eigenvalue weighted by Gasteiger charge is 2.62. The standard InChI is InChI=1S/C18H31N3O5/c1-11(22)13(14(19)23)7-6-12-8-9-18(10-20(5)15(18)24)21(12)16(25)26-17(2,3)4/h11-13,22H,6-10H2,1-5H3,(H2,19,23)/t11-,12?,13+,18?/m1/s1. The number of likely N-dealkylation sites (N-methyl/N-ethyl adjacent to an activating group) is 1. The molecule has 2 rings (SSSR count). The third-order valence-corrected chi connectivity index (χ3v) is 5.31. The second kappa shape index (κ2) is 7.06. The number of primary amides is 1. The normalized spacial score (nSPS) is 28.1. The molecule has 2 aliphatic heterocycles. The number of rotatable bonds is 5. The van der Waals surface area contributed by atoms with Gasteiger partial charge in [-0.3, -0.25) is 14.5 Å². The number of amides is 3. The number of carbonyl (C=O) groups excluding carboxylic acids is 3. The van der Waals surface area contributed by atoms with E-state index in [1.54, 1.807) is 37.6 Å². The van der Waals surface area contributed by atoms with Crippen LogP contribution in [0.2, 0.25) is 0 Å². The maximum atomic E-state index is 12.8. The first-order chi connectivity index (χ1) is 11.9. The summed E-state index contributed by atoms with van der Waals surface area (Å²) in [6.45, 7) is 7.37. The molecule has 3 amide bonds. The summed E-state index contributed by atoms with van der Waals surface area (Å²) in [6.07, 6.45) is 0.719. The number of β-lactam (4-membered cyclic amide) rings is 1. The Kier molecular flexibility index (Phi) is 5.56. The fraction of sp³-hybridized carbons (Fsp3) is 0.833. The third-order valence-electron chi connectivity index (χ3n) is 5.31. The van der Waals surface area contributed by atoms with E-state index in [1.165, 1.54) is 6.92 Å². The summed E-state index contributed by atoms with van der Waals surface area (Å²) in [6, 6.07) is -0.219. The van der Waals surface area contributed by atoms with Crippen molar-refractivity contribution in [1.82, 2.24) is 9.80 Å². The Balaban J connectivity index is 2.18. The Morgan fingerprint density at radius 2 is 2.04 bits per heavy atom. The number of hydrogen-bond donors (Lipinski definition) is 2. The van der Waals surface area contributed by atoms with Gasteiger partial charge in [-0.25, -0.2) is 4.79 Å². The highest BCUT2D eigenvalue weighted by Crippen LogP contribution is 2.43. The third kappa shape index (κ3) is 3.79. The zero-order valence-corrected chi connectivity index (χ0v) is 16.3. The van der Waals surface area contributed by atoms with Crippen LogP contribution in [0.25, 0.3) is 0 Å². The van der Waals surface area contributed by atoms with Crippen LogP contribution >= 0.6 is 0 Å². The minimum atomic E-state index is -0.852. The quantitative estimate of drug-likeness (QED) is 0.698. The van der Waals surface area contributed by atoms with Crippen LogP contribution in [-0.4, -0.2) is 69.7 Å². The van der Waals surface area contributed by atoms with Crippen molar-refractivity contribution < 1.29 is 24.2 Å². The summed E-state index contributed by atoms with van der Waals surface area (Å²) in [5.74, 6) is -1.31. The van der Waals surface area contributed by atoms with E-state index in [2.05, 4.69) is 0 Å². The van der Waals surface area contributed by atoms with Crippen LogP contribution in [0.15, 0.2) is 0 Å². The minimum absolute atomic E-state index is 0.0761. The highest BCUT2D eigenvalue weighted by atomic mass is 16.6. The summed E-state index contributed by atoms with van der Waals surface area (Å²) in [4.78, 5) is 40.1. The molecule has 0 radical (unpaired) electrons. The summed E-state index contributed by atoms with van der Waals surface area (Å²) in [5.41, 5.74) is 3.86. The zero-order chi connectivity index (χ0) is 19.9. The molecule has 2 unspecified atom stereocenters. The van der Waals surface area contributed by atoms with Crippen molar-refractivity contribution in [2.45, 2.75) is 76.7 Å². The van der Waals surface area contributed by atoms with Gasteiger partial charge in [-0.05, 0) is 53.4 Å². The van der Waals surface area contributed by atoms with Crippen LogP contribution in [0.3, 0.4) is 0 Å². The van der Waals surface area contributed by atoms with Gasteiger partial charge in [0.2, 0.25) is 11.8 Å². The number of nitrogens with zero attached hydrogens (tertiary/aromatic N) is 2. The van der Waals surface area contributed by atoms with Gasteiger partial charge in [0.1, 0.15) is 11.1 Å². The van der Waals surface area contributed by atoms with Crippen molar-refractivity contribution in [3.8, 4) is 0 Å². The summed E-state index contributed by atoms with van der Waals surface area (Å²) >= 11 is 0. The predicted octanol–water partition coefficient (Wildman–Crippen LogP) is 0.859. The molecule has 8 heteroatoms. The van der Waals surface area contributed by atoms with E-state index >= 15 is 0 Å². The summed E-state index contributed by atoms with van der Waals surface area (Å²) in [7, 11) is 1.71. The Hall–Kier alpha value is -1.83. The molecule has 3 N–H and O–H groups in total. The summed E-state index contributed by atoms with van der Waals surface area (Å²) in [5, 5.41) is 9.75.